The molecule has 36 heavy (non-hydrogen) atoms. The van der Waals surface area contributed by atoms with Gasteiger partial charge >= 0.3 is 0 Å². The lowest BCUT2D eigenvalue weighted by molar-refractivity contribution is -0.121. The van der Waals surface area contributed by atoms with Crippen molar-refractivity contribution in [3.63, 3.8) is 0 Å². The molecule has 2 aromatic heterocycles. The second-order valence-electron chi connectivity index (χ2n) is 10.0. The fourth-order valence-corrected chi connectivity index (χ4v) is 4.98. The van der Waals surface area contributed by atoms with E-state index in [1.54, 1.807) is 12.1 Å². The molecule has 2 aromatic rings. The van der Waals surface area contributed by atoms with Crippen molar-refractivity contribution in [1.29, 1.82) is 0 Å². The summed E-state index contributed by atoms with van der Waals surface area (Å²) in [5.74, 6) is -1.11. The Morgan fingerprint density at radius 2 is 1.97 bits per heavy atom. The first-order valence-electron chi connectivity index (χ1n) is 12.8. The van der Waals surface area contributed by atoms with Gasteiger partial charge in [0.1, 0.15) is 5.76 Å². The Labute approximate surface area is 210 Å². The number of carbonyl (C=O) groups excluding carboxylic acids is 1. The average molecular weight is 507 g/mol. The molecule has 1 amide bonds. The van der Waals surface area contributed by atoms with Crippen molar-refractivity contribution in [2.45, 2.75) is 70.3 Å². The molecule has 0 aromatic carbocycles. The highest BCUT2D eigenvalue weighted by atomic mass is 19.3. The number of amides is 1. The van der Waals surface area contributed by atoms with Gasteiger partial charge in [-0.2, -0.15) is 0 Å². The van der Waals surface area contributed by atoms with Crippen LogP contribution in [0.25, 0.3) is 0 Å². The maximum atomic E-state index is 13.1. The molecule has 0 atom stereocenters. The first-order chi connectivity index (χ1) is 17.3. The lowest BCUT2D eigenvalue weighted by Gasteiger charge is -2.30. The zero-order valence-electron chi connectivity index (χ0n) is 21.1. The molecule has 1 saturated carbocycles. The van der Waals surface area contributed by atoms with E-state index in [0.717, 1.165) is 77.2 Å². The van der Waals surface area contributed by atoms with Crippen LogP contribution >= 0.6 is 0 Å². The van der Waals surface area contributed by atoms with E-state index in [0.29, 0.717) is 17.6 Å². The van der Waals surface area contributed by atoms with Gasteiger partial charge in [0.05, 0.1) is 13.5 Å². The normalized spacial score (nSPS) is 20.9. The maximum absolute atomic E-state index is 13.1. The number of rotatable bonds is 10. The van der Waals surface area contributed by atoms with Crippen LogP contribution in [0.5, 0.6) is 11.8 Å². The molecule has 2 aliphatic rings. The van der Waals surface area contributed by atoms with Gasteiger partial charge in [-0.1, -0.05) is 6.07 Å². The van der Waals surface area contributed by atoms with Crippen LogP contribution in [-0.4, -0.2) is 66.3 Å². The topological polar surface area (TPSA) is 89.7 Å². The molecule has 4 rings (SSSR count). The van der Waals surface area contributed by atoms with E-state index in [4.69, 9.17) is 14.0 Å². The van der Waals surface area contributed by atoms with Crippen LogP contribution < -0.4 is 14.8 Å². The molecule has 0 unspecified atom stereocenters. The first-order valence-corrected chi connectivity index (χ1v) is 12.8. The number of pyridine rings is 1. The highest BCUT2D eigenvalue weighted by molar-refractivity contribution is 5.78. The van der Waals surface area contributed by atoms with Crippen LogP contribution in [0.15, 0.2) is 22.7 Å². The van der Waals surface area contributed by atoms with Crippen molar-refractivity contribution >= 4 is 5.91 Å². The number of nitrogens with one attached hydrogen (secondary N) is 1. The molecule has 1 N–H and O–H groups in total. The number of nitrogens with zero attached hydrogens (tertiary/aromatic N) is 3. The van der Waals surface area contributed by atoms with Crippen molar-refractivity contribution in [2.24, 2.45) is 5.92 Å². The summed E-state index contributed by atoms with van der Waals surface area (Å²) >= 11 is 0. The number of methoxy groups -OCH3 is 1. The van der Waals surface area contributed by atoms with Crippen LogP contribution in [0.1, 0.15) is 56.0 Å². The van der Waals surface area contributed by atoms with Gasteiger partial charge in [0.15, 0.2) is 6.61 Å². The van der Waals surface area contributed by atoms with Gasteiger partial charge in [-0.05, 0) is 61.7 Å². The van der Waals surface area contributed by atoms with E-state index in [1.165, 1.54) is 12.7 Å². The van der Waals surface area contributed by atoms with Gasteiger partial charge in [0.25, 0.3) is 11.8 Å². The number of hydrogen-bond acceptors (Lipinski definition) is 7. The molecule has 1 aliphatic heterocycles. The number of halogens is 2. The summed E-state index contributed by atoms with van der Waals surface area (Å²) in [4.78, 5) is 19.3. The molecule has 10 heteroatoms. The smallest absolute Gasteiger partial charge is 0.278 e. The molecule has 0 spiro atoms. The number of alkyl halides is 2. The molecule has 0 saturated heterocycles. The Morgan fingerprint density at radius 3 is 2.69 bits per heavy atom. The van der Waals surface area contributed by atoms with Crippen molar-refractivity contribution < 1.29 is 27.6 Å². The van der Waals surface area contributed by atoms with E-state index in [-0.39, 0.29) is 24.2 Å². The monoisotopic (exact) mass is 506 g/mol. The Balaban J connectivity index is 1.15. The van der Waals surface area contributed by atoms with Gasteiger partial charge in [-0.3, -0.25) is 4.79 Å². The summed E-state index contributed by atoms with van der Waals surface area (Å²) in [6, 6.07) is 5.50. The Morgan fingerprint density at radius 1 is 1.19 bits per heavy atom. The Hall–Kier alpha value is -2.75. The fourth-order valence-electron chi connectivity index (χ4n) is 4.98. The van der Waals surface area contributed by atoms with E-state index in [2.05, 4.69) is 20.4 Å². The molecule has 0 bridgehead atoms. The lowest BCUT2D eigenvalue weighted by atomic mass is 9.84. The van der Waals surface area contributed by atoms with Gasteiger partial charge in [-0.25, -0.2) is 13.8 Å². The van der Waals surface area contributed by atoms with Crippen molar-refractivity contribution in [3.05, 3.63) is 35.2 Å². The number of hydrogen-bond donors (Lipinski definition) is 1. The average Bonchev–Trinajstić information content (AvgIpc) is 3.20. The molecule has 1 fully saturated rings. The van der Waals surface area contributed by atoms with Crippen LogP contribution in [0.4, 0.5) is 8.78 Å². The van der Waals surface area contributed by atoms with E-state index in [9.17, 15) is 13.6 Å². The number of carbonyl (C=O) groups is 1. The van der Waals surface area contributed by atoms with E-state index < -0.39 is 12.5 Å². The highest BCUT2D eigenvalue weighted by Gasteiger charge is 2.25. The van der Waals surface area contributed by atoms with Gasteiger partial charge in [0, 0.05) is 50.3 Å². The minimum Gasteiger partial charge on any atom is -0.479 e. The second kappa shape index (κ2) is 12.0. The SMILES string of the molecule is COc1cc(CC(=O)NC2CCC(CCN3CCc4ccc(OCC(C)(F)F)nc4CC3)CC2)on1. The Bertz CT molecular complexity index is 1000. The van der Waals surface area contributed by atoms with Crippen LogP contribution in [0.3, 0.4) is 0 Å². The van der Waals surface area contributed by atoms with Crippen molar-refractivity contribution in [3.8, 4) is 11.8 Å². The maximum Gasteiger partial charge on any atom is 0.278 e. The first kappa shape index (κ1) is 26.3. The third-order valence-electron chi connectivity index (χ3n) is 7.03. The summed E-state index contributed by atoms with van der Waals surface area (Å²) in [7, 11) is 1.51. The lowest BCUT2D eigenvalue weighted by Crippen LogP contribution is -2.39. The molecular weight excluding hydrogens is 470 g/mol. The molecule has 0 radical (unpaired) electrons. The quantitative estimate of drug-likeness (QED) is 0.524. The summed E-state index contributed by atoms with van der Waals surface area (Å²) in [6.45, 7) is 3.10. The zero-order valence-corrected chi connectivity index (χ0v) is 21.1. The van der Waals surface area contributed by atoms with Crippen molar-refractivity contribution in [2.75, 3.05) is 33.4 Å². The minimum absolute atomic E-state index is 0.0491. The summed E-state index contributed by atoms with van der Waals surface area (Å²) in [5, 5.41) is 6.85. The fraction of sp³-hybridized carbons (Fsp3) is 0.654. The van der Waals surface area contributed by atoms with E-state index >= 15 is 0 Å². The number of ether oxygens (including phenoxy) is 2. The van der Waals surface area contributed by atoms with Crippen LogP contribution in [0.2, 0.25) is 0 Å². The van der Waals surface area contributed by atoms with Crippen LogP contribution in [0, 0.1) is 5.92 Å². The van der Waals surface area contributed by atoms with Crippen LogP contribution in [-0.2, 0) is 24.1 Å². The highest BCUT2D eigenvalue weighted by Crippen LogP contribution is 2.28. The molecule has 8 nitrogen and oxygen atoms in total. The van der Waals surface area contributed by atoms with Gasteiger partial charge in [-0.15, -0.1) is 0 Å². The second-order valence-corrected chi connectivity index (χ2v) is 10.0. The summed E-state index contributed by atoms with van der Waals surface area (Å²) in [5.41, 5.74) is 2.13. The molecule has 3 heterocycles. The third kappa shape index (κ3) is 7.88. The zero-order chi connectivity index (χ0) is 25.5. The molecule has 1 aliphatic carbocycles. The van der Waals surface area contributed by atoms with Gasteiger partial charge in [0.2, 0.25) is 11.8 Å². The number of aromatic nitrogens is 2. The Kier molecular flexibility index (Phi) is 8.77. The number of fused-ring (bicyclic) bond motifs is 1. The summed E-state index contributed by atoms with van der Waals surface area (Å²) < 4.78 is 41.4. The molecular formula is C26H36F2N4O4. The largest absolute Gasteiger partial charge is 0.479 e. The minimum atomic E-state index is -2.87. The predicted octanol–water partition coefficient (Wildman–Crippen LogP) is 3.82. The summed E-state index contributed by atoms with van der Waals surface area (Å²) in [6.07, 6.45) is 7.21. The standard InChI is InChI=1S/C26H36F2N4O4/c1-26(27,28)17-35-24-8-5-19-10-13-32(14-11-22(19)30-24)12-9-18-3-6-20(7-4-18)29-23(33)15-21-16-25(34-2)31-36-21/h5,8,16,18,20H,3-4,6-7,9-15,17H2,1-2H3,(H,29,33). The van der Waals surface area contributed by atoms with Gasteiger partial charge < -0.3 is 24.2 Å². The van der Waals surface area contributed by atoms with Crippen molar-refractivity contribution in [1.82, 2.24) is 20.4 Å². The van der Waals surface area contributed by atoms with E-state index in [1.807, 2.05) is 6.07 Å². The molecule has 198 valence electrons. The third-order valence-corrected chi connectivity index (χ3v) is 7.03. The predicted molar refractivity (Wildman–Crippen MR) is 129 cm³/mol.